The SMILES string of the molecule is C=C(C)SC(=C)c1cc(CC(=O)O)c(C(=C)SC(=C)c2sc(-c3ccc(C)s3)cc2CC(=O)O)s1. The topological polar surface area (TPSA) is 74.6 Å². The number of aryl methyl sites for hydroxylation is 1. The van der Waals surface area contributed by atoms with E-state index in [0.717, 1.165) is 34.2 Å². The van der Waals surface area contributed by atoms with Gasteiger partial charge in [-0.15, -0.1) is 34.0 Å². The molecule has 2 N–H and O–H groups in total. The Morgan fingerprint density at radius 3 is 1.89 bits per heavy atom. The van der Waals surface area contributed by atoms with Crippen molar-refractivity contribution in [3.8, 4) is 9.75 Å². The van der Waals surface area contributed by atoms with Crippen molar-refractivity contribution in [1.82, 2.24) is 0 Å². The van der Waals surface area contributed by atoms with E-state index in [0.29, 0.717) is 20.9 Å². The molecule has 0 aliphatic heterocycles. The van der Waals surface area contributed by atoms with Gasteiger partial charge in [0.05, 0.1) is 12.8 Å². The summed E-state index contributed by atoms with van der Waals surface area (Å²) in [5.74, 6) is -1.84. The molecule has 3 aromatic heterocycles. The molecule has 3 aromatic rings. The van der Waals surface area contributed by atoms with E-state index in [1.807, 2.05) is 38.1 Å². The van der Waals surface area contributed by atoms with Crippen LogP contribution < -0.4 is 0 Å². The highest BCUT2D eigenvalue weighted by Gasteiger charge is 2.21. The molecule has 0 saturated heterocycles. The molecule has 0 aromatic carbocycles. The fourth-order valence-corrected chi connectivity index (χ4v) is 8.23. The number of carboxylic acids is 2. The lowest BCUT2D eigenvalue weighted by Crippen LogP contribution is -2.01. The minimum Gasteiger partial charge on any atom is -0.481 e. The van der Waals surface area contributed by atoms with Gasteiger partial charge in [-0.1, -0.05) is 49.8 Å². The van der Waals surface area contributed by atoms with Crippen LogP contribution in [0.4, 0.5) is 0 Å². The van der Waals surface area contributed by atoms with Crippen LogP contribution in [0.15, 0.2) is 55.5 Å². The van der Waals surface area contributed by atoms with Gasteiger partial charge in [-0.2, -0.15) is 0 Å². The van der Waals surface area contributed by atoms with Crippen LogP contribution in [0.1, 0.15) is 37.6 Å². The first-order chi connectivity index (χ1) is 16.4. The summed E-state index contributed by atoms with van der Waals surface area (Å²) < 4.78 is 0. The third-order valence-electron chi connectivity index (χ3n) is 4.61. The Bertz CT molecular complexity index is 1350. The van der Waals surface area contributed by atoms with Gasteiger partial charge in [0, 0.05) is 44.0 Å². The zero-order valence-corrected chi connectivity index (χ0v) is 23.4. The molecule has 9 heteroatoms. The molecule has 0 spiro atoms. The van der Waals surface area contributed by atoms with E-state index in [4.69, 9.17) is 0 Å². The summed E-state index contributed by atoms with van der Waals surface area (Å²) in [6.07, 6.45) is -0.234. The highest BCUT2D eigenvalue weighted by atomic mass is 32.2. The number of hydrogen-bond donors (Lipinski definition) is 2. The largest absolute Gasteiger partial charge is 0.481 e. The van der Waals surface area contributed by atoms with Gasteiger partial charge in [-0.25, -0.2) is 0 Å². The summed E-state index contributed by atoms with van der Waals surface area (Å²) in [5.41, 5.74) is 1.37. The molecular weight excluding hydrogens is 537 g/mol. The first kappa shape index (κ1) is 27.3. The molecule has 4 nitrogen and oxygen atoms in total. The molecule has 35 heavy (non-hydrogen) atoms. The van der Waals surface area contributed by atoms with Gasteiger partial charge in [0.1, 0.15) is 0 Å². The maximum atomic E-state index is 11.5. The van der Waals surface area contributed by atoms with Crippen LogP contribution in [0, 0.1) is 6.92 Å². The van der Waals surface area contributed by atoms with Crippen molar-refractivity contribution in [2.24, 2.45) is 0 Å². The Balaban J connectivity index is 1.91. The van der Waals surface area contributed by atoms with E-state index < -0.39 is 11.9 Å². The lowest BCUT2D eigenvalue weighted by molar-refractivity contribution is -0.137. The zero-order chi connectivity index (χ0) is 25.9. The second kappa shape index (κ2) is 11.6. The Morgan fingerprint density at radius 2 is 1.37 bits per heavy atom. The van der Waals surface area contributed by atoms with Crippen molar-refractivity contribution in [1.29, 1.82) is 0 Å². The molecule has 0 radical (unpaired) electrons. The fraction of sp³-hybridized carbons (Fsp3) is 0.154. The number of aliphatic carboxylic acids is 2. The van der Waals surface area contributed by atoms with E-state index in [2.05, 4.69) is 26.3 Å². The van der Waals surface area contributed by atoms with Crippen LogP contribution in [0.25, 0.3) is 24.5 Å². The minimum absolute atomic E-state index is 0.104. The van der Waals surface area contributed by atoms with Crippen LogP contribution >= 0.6 is 57.5 Å². The van der Waals surface area contributed by atoms with Crippen molar-refractivity contribution in [2.45, 2.75) is 26.7 Å². The molecule has 3 heterocycles. The quantitative estimate of drug-likeness (QED) is 0.231. The molecule has 0 fully saturated rings. The third-order valence-corrected chi connectivity index (χ3v) is 10.4. The molecule has 3 rings (SSSR count). The Kier molecular flexibility index (Phi) is 9.06. The number of carbonyl (C=O) groups is 2. The van der Waals surface area contributed by atoms with E-state index in [1.54, 1.807) is 11.3 Å². The summed E-state index contributed by atoms with van der Waals surface area (Å²) in [7, 11) is 0. The molecular formula is C26H24O4S5. The maximum absolute atomic E-state index is 11.5. The highest BCUT2D eigenvalue weighted by Crippen LogP contribution is 2.48. The number of allylic oxidation sites excluding steroid dienone is 1. The van der Waals surface area contributed by atoms with Gasteiger partial charge in [0.2, 0.25) is 0 Å². The molecule has 0 aliphatic carbocycles. The number of rotatable bonds is 12. The summed E-state index contributed by atoms with van der Waals surface area (Å²) >= 11 is 7.40. The van der Waals surface area contributed by atoms with Crippen LogP contribution in [-0.2, 0) is 22.4 Å². The first-order valence-corrected chi connectivity index (χ1v) is 14.4. The predicted octanol–water partition coefficient (Wildman–Crippen LogP) is 8.71. The van der Waals surface area contributed by atoms with Gasteiger partial charge in [-0.3, -0.25) is 9.59 Å². The number of carboxylic acid groups (broad SMARTS) is 2. The standard InChI is InChI=1S/C26H24O4S5/c1-13(2)31-15(4)21-9-18(11-23(27)28)25(34-21)16(5)33-17(6)26-19(12-24(29)30)10-22(35-26)20-8-7-14(3)32-20/h7-10H,1,4-6,11-12H2,2-3H3,(H,27,28)(H,29,30). The van der Waals surface area contributed by atoms with E-state index >= 15 is 0 Å². The van der Waals surface area contributed by atoms with Gasteiger partial charge in [0.25, 0.3) is 0 Å². The minimum atomic E-state index is -0.928. The Hall–Kier alpha value is -2.30. The molecule has 0 atom stereocenters. The highest BCUT2D eigenvalue weighted by molar-refractivity contribution is 8.16. The molecule has 0 saturated carbocycles. The first-order valence-electron chi connectivity index (χ1n) is 10.3. The average Bonchev–Trinajstić information content (AvgIpc) is 3.45. The predicted molar refractivity (Wildman–Crippen MR) is 156 cm³/mol. The normalized spacial score (nSPS) is 10.8. The van der Waals surface area contributed by atoms with Crippen LogP contribution in [0.5, 0.6) is 0 Å². The van der Waals surface area contributed by atoms with Crippen molar-refractivity contribution in [3.63, 3.8) is 0 Å². The van der Waals surface area contributed by atoms with E-state index in [1.165, 1.54) is 51.1 Å². The number of thioether (sulfide) groups is 2. The van der Waals surface area contributed by atoms with E-state index in [9.17, 15) is 19.8 Å². The molecule has 0 aliphatic rings. The van der Waals surface area contributed by atoms with Crippen molar-refractivity contribution in [3.05, 3.63) is 86.1 Å². The lowest BCUT2D eigenvalue weighted by Gasteiger charge is -2.09. The smallest absolute Gasteiger partial charge is 0.307 e. The summed E-state index contributed by atoms with van der Waals surface area (Å²) in [5, 5.41) is 18.9. The van der Waals surface area contributed by atoms with E-state index in [-0.39, 0.29) is 12.8 Å². The lowest BCUT2D eigenvalue weighted by atomic mass is 10.1. The van der Waals surface area contributed by atoms with Gasteiger partial charge < -0.3 is 10.2 Å². The maximum Gasteiger partial charge on any atom is 0.307 e. The monoisotopic (exact) mass is 560 g/mol. The van der Waals surface area contributed by atoms with Crippen molar-refractivity contribution in [2.75, 3.05) is 0 Å². The van der Waals surface area contributed by atoms with Gasteiger partial charge in [0.15, 0.2) is 0 Å². The second-order valence-electron chi connectivity index (χ2n) is 7.66. The van der Waals surface area contributed by atoms with Crippen LogP contribution in [0.2, 0.25) is 0 Å². The zero-order valence-electron chi connectivity index (χ0n) is 19.3. The average molecular weight is 561 g/mol. The third kappa shape index (κ3) is 7.11. The van der Waals surface area contributed by atoms with Crippen LogP contribution in [-0.4, -0.2) is 22.2 Å². The summed E-state index contributed by atoms with van der Waals surface area (Å²) in [6.45, 7) is 20.4. The number of hydrogen-bond acceptors (Lipinski definition) is 7. The Labute approximate surface area is 225 Å². The van der Waals surface area contributed by atoms with Crippen molar-refractivity contribution < 1.29 is 19.8 Å². The molecule has 0 bridgehead atoms. The second-order valence-corrected chi connectivity index (χ2v) is 13.6. The van der Waals surface area contributed by atoms with Gasteiger partial charge >= 0.3 is 11.9 Å². The molecule has 0 unspecified atom stereocenters. The van der Waals surface area contributed by atoms with Crippen molar-refractivity contribution >= 4 is 84.2 Å². The summed E-state index contributed by atoms with van der Waals surface area (Å²) in [4.78, 5) is 31.7. The Morgan fingerprint density at radius 1 is 0.800 bits per heavy atom. The number of thiophene rings is 3. The molecule has 182 valence electrons. The fourth-order valence-electron chi connectivity index (χ4n) is 3.25. The molecule has 0 amide bonds. The summed E-state index contributed by atoms with van der Waals surface area (Å²) in [6, 6.07) is 7.85. The van der Waals surface area contributed by atoms with Crippen LogP contribution in [0.3, 0.4) is 0 Å². The van der Waals surface area contributed by atoms with Gasteiger partial charge in [-0.05, 0) is 54.1 Å².